The number of halogens is 2. The zero-order chi connectivity index (χ0) is 15.8. The van der Waals surface area contributed by atoms with Crippen LogP contribution in [0.4, 0.5) is 4.39 Å². The summed E-state index contributed by atoms with van der Waals surface area (Å²) < 4.78 is 24.8. The van der Waals surface area contributed by atoms with Crippen molar-refractivity contribution >= 4 is 15.9 Å². The number of ether oxygens (including phenoxy) is 2. The molecular weight excluding hydrogens is 349 g/mol. The van der Waals surface area contributed by atoms with Gasteiger partial charge in [0.05, 0.1) is 6.61 Å². The molecule has 0 bridgehead atoms. The molecule has 1 N–H and O–H groups in total. The molecule has 0 aliphatic carbocycles. The molecule has 22 heavy (non-hydrogen) atoms. The molecule has 0 unspecified atom stereocenters. The SMILES string of the molecule is COCCNCc1cc(Br)ccc1OCc1ccc(F)cc1. The van der Waals surface area contributed by atoms with Gasteiger partial charge in [0.1, 0.15) is 18.2 Å². The van der Waals surface area contributed by atoms with E-state index in [1.807, 2.05) is 18.2 Å². The highest BCUT2D eigenvalue weighted by molar-refractivity contribution is 9.10. The van der Waals surface area contributed by atoms with Crippen LogP contribution in [0.2, 0.25) is 0 Å². The van der Waals surface area contributed by atoms with Gasteiger partial charge in [0.15, 0.2) is 0 Å². The van der Waals surface area contributed by atoms with Gasteiger partial charge in [-0.25, -0.2) is 4.39 Å². The molecule has 0 aliphatic heterocycles. The second-order valence-electron chi connectivity index (χ2n) is 4.84. The van der Waals surface area contributed by atoms with Crippen molar-refractivity contribution in [2.24, 2.45) is 0 Å². The fraction of sp³-hybridized carbons (Fsp3) is 0.294. The van der Waals surface area contributed by atoms with E-state index >= 15 is 0 Å². The maximum absolute atomic E-state index is 12.9. The first-order chi connectivity index (χ1) is 10.7. The normalized spacial score (nSPS) is 10.7. The largest absolute Gasteiger partial charge is 0.489 e. The number of hydrogen-bond donors (Lipinski definition) is 1. The summed E-state index contributed by atoms with van der Waals surface area (Å²) >= 11 is 3.47. The molecule has 2 aromatic carbocycles. The molecule has 0 aliphatic rings. The third-order valence-electron chi connectivity index (χ3n) is 3.13. The number of rotatable bonds is 8. The summed E-state index contributed by atoms with van der Waals surface area (Å²) in [7, 11) is 1.68. The van der Waals surface area contributed by atoms with Gasteiger partial charge >= 0.3 is 0 Å². The standard InChI is InChI=1S/C17H19BrFNO2/c1-21-9-8-20-11-14-10-15(18)4-7-17(14)22-12-13-2-5-16(19)6-3-13/h2-7,10,20H,8-9,11-12H2,1H3. The van der Waals surface area contributed by atoms with Crippen molar-refractivity contribution in [3.05, 3.63) is 63.9 Å². The molecule has 0 fully saturated rings. The van der Waals surface area contributed by atoms with Crippen LogP contribution in [-0.2, 0) is 17.9 Å². The molecular formula is C17H19BrFNO2. The van der Waals surface area contributed by atoms with Crippen molar-refractivity contribution in [1.82, 2.24) is 5.32 Å². The van der Waals surface area contributed by atoms with Crippen molar-refractivity contribution in [2.45, 2.75) is 13.2 Å². The Kier molecular flexibility index (Phi) is 6.83. The lowest BCUT2D eigenvalue weighted by molar-refractivity contribution is 0.199. The first-order valence-corrected chi connectivity index (χ1v) is 7.83. The van der Waals surface area contributed by atoms with Crippen LogP contribution in [0.5, 0.6) is 5.75 Å². The average molecular weight is 368 g/mol. The van der Waals surface area contributed by atoms with Crippen LogP contribution in [0.25, 0.3) is 0 Å². The average Bonchev–Trinajstić information content (AvgIpc) is 2.52. The third kappa shape index (κ3) is 5.40. The van der Waals surface area contributed by atoms with E-state index in [9.17, 15) is 4.39 Å². The molecule has 118 valence electrons. The van der Waals surface area contributed by atoms with Crippen molar-refractivity contribution in [3.8, 4) is 5.75 Å². The van der Waals surface area contributed by atoms with Crippen LogP contribution in [0, 0.1) is 5.82 Å². The van der Waals surface area contributed by atoms with E-state index in [2.05, 4.69) is 21.2 Å². The van der Waals surface area contributed by atoms with E-state index in [4.69, 9.17) is 9.47 Å². The van der Waals surface area contributed by atoms with Gasteiger partial charge in [0.25, 0.3) is 0 Å². The molecule has 2 aromatic rings. The number of nitrogens with one attached hydrogen (secondary N) is 1. The quantitative estimate of drug-likeness (QED) is 0.717. The Hall–Kier alpha value is -1.43. The molecule has 0 heterocycles. The van der Waals surface area contributed by atoms with Gasteiger partial charge < -0.3 is 14.8 Å². The van der Waals surface area contributed by atoms with Crippen LogP contribution in [0.15, 0.2) is 46.9 Å². The van der Waals surface area contributed by atoms with E-state index in [1.54, 1.807) is 19.2 Å². The lowest BCUT2D eigenvalue weighted by Gasteiger charge is -2.13. The van der Waals surface area contributed by atoms with Gasteiger partial charge in [-0.3, -0.25) is 0 Å². The predicted octanol–water partition coefficient (Wildman–Crippen LogP) is 3.90. The molecule has 0 saturated carbocycles. The van der Waals surface area contributed by atoms with Gasteiger partial charge in [0.2, 0.25) is 0 Å². The zero-order valence-corrected chi connectivity index (χ0v) is 14.0. The lowest BCUT2D eigenvalue weighted by atomic mass is 10.2. The summed E-state index contributed by atoms with van der Waals surface area (Å²) in [4.78, 5) is 0. The fourth-order valence-corrected chi connectivity index (χ4v) is 2.37. The molecule has 0 amide bonds. The van der Waals surface area contributed by atoms with E-state index in [0.29, 0.717) is 19.8 Å². The van der Waals surface area contributed by atoms with Crippen molar-refractivity contribution in [2.75, 3.05) is 20.3 Å². The fourth-order valence-electron chi connectivity index (χ4n) is 1.97. The van der Waals surface area contributed by atoms with Crippen LogP contribution >= 0.6 is 15.9 Å². The molecule has 0 spiro atoms. The maximum atomic E-state index is 12.9. The monoisotopic (exact) mass is 367 g/mol. The number of benzene rings is 2. The van der Waals surface area contributed by atoms with Crippen LogP contribution in [0.1, 0.15) is 11.1 Å². The predicted molar refractivity (Wildman–Crippen MR) is 88.5 cm³/mol. The highest BCUT2D eigenvalue weighted by Crippen LogP contribution is 2.24. The number of methoxy groups -OCH3 is 1. The molecule has 5 heteroatoms. The van der Waals surface area contributed by atoms with Gasteiger partial charge in [-0.2, -0.15) is 0 Å². The van der Waals surface area contributed by atoms with E-state index in [1.165, 1.54) is 12.1 Å². The van der Waals surface area contributed by atoms with Crippen molar-refractivity contribution < 1.29 is 13.9 Å². The molecule has 0 aromatic heterocycles. The van der Waals surface area contributed by atoms with Gasteiger partial charge in [0, 0.05) is 30.2 Å². The van der Waals surface area contributed by atoms with Crippen molar-refractivity contribution in [1.29, 1.82) is 0 Å². The second-order valence-corrected chi connectivity index (χ2v) is 5.75. The smallest absolute Gasteiger partial charge is 0.124 e. The summed E-state index contributed by atoms with van der Waals surface area (Å²) in [5.41, 5.74) is 2.00. The molecule has 0 saturated heterocycles. The minimum Gasteiger partial charge on any atom is -0.489 e. The minimum atomic E-state index is -0.240. The summed E-state index contributed by atoms with van der Waals surface area (Å²) in [6.07, 6.45) is 0. The molecule has 0 radical (unpaired) electrons. The van der Waals surface area contributed by atoms with Gasteiger partial charge in [-0.15, -0.1) is 0 Å². The lowest BCUT2D eigenvalue weighted by Crippen LogP contribution is -2.19. The minimum absolute atomic E-state index is 0.240. The van der Waals surface area contributed by atoms with Crippen LogP contribution in [0.3, 0.4) is 0 Å². The summed E-state index contributed by atoms with van der Waals surface area (Å²) in [6.45, 7) is 2.55. The molecule has 0 atom stereocenters. The van der Waals surface area contributed by atoms with Crippen LogP contribution < -0.4 is 10.1 Å². The Bertz CT molecular complexity index is 590. The summed E-state index contributed by atoms with van der Waals surface area (Å²) in [6, 6.07) is 12.2. The highest BCUT2D eigenvalue weighted by atomic mass is 79.9. The van der Waals surface area contributed by atoms with Gasteiger partial charge in [-0.05, 0) is 35.9 Å². The van der Waals surface area contributed by atoms with Crippen LogP contribution in [-0.4, -0.2) is 20.3 Å². The first-order valence-electron chi connectivity index (χ1n) is 7.04. The summed E-state index contributed by atoms with van der Waals surface area (Å²) in [5.74, 6) is 0.577. The maximum Gasteiger partial charge on any atom is 0.124 e. The Morgan fingerprint density at radius 1 is 1.14 bits per heavy atom. The highest BCUT2D eigenvalue weighted by Gasteiger charge is 2.05. The second kappa shape index (κ2) is 8.88. The topological polar surface area (TPSA) is 30.5 Å². The molecule has 2 rings (SSSR count). The van der Waals surface area contributed by atoms with E-state index in [-0.39, 0.29) is 5.82 Å². The summed E-state index contributed by atoms with van der Waals surface area (Å²) in [5, 5.41) is 3.30. The Morgan fingerprint density at radius 3 is 2.64 bits per heavy atom. The van der Waals surface area contributed by atoms with E-state index < -0.39 is 0 Å². The molecule has 3 nitrogen and oxygen atoms in total. The number of hydrogen-bond acceptors (Lipinski definition) is 3. The van der Waals surface area contributed by atoms with Crippen molar-refractivity contribution in [3.63, 3.8) is 0 Å². The Balaban J connectivity index is 1.98. The zero-order valence-electron chi connectivity index (χ0n) is 12.4. The van der Waals surface area contributed by atoms with Gasteiger partial charge in [-0.1, -0.05) is 28.1 Å². The Labute approximate surface area is 138 Å². The first kappa shape index (κ1) is 16.9. The Morgan fingerprint density at radius 2 is 1.91 bits per heavy atom. The third-order valence-corrected chi connectivity index (χ3v) is 3.62. The van der Waals surface area contributed by atoms with E-state index in [0.717, 1.165) is 27.9 Å².